The molecule has 0 N–H and O–H groups in total. The molecule has 0 fully saturated rings. The summed E-state index contributed by atoms with van der Waals surface area (Å²) in [5, 5.41) is 0. The van der Waals surface area contributed by atoms with Gasteiger partial charge in [0.2, 0.25) is 0 Å². The molecule has 2 nitrogen and oxygen atoms in total. The lowest BCUT2D eigenvalue weighted by atomic mass is 10.1. The SMILES string of the molecule is CCN1CCc2ncccc2C1.Cl.Cl. The molecule has 0 atom stereocenters. The van der Waals surface area contributed by atoms with Crippen LogP contribution in [0, 0.1) is 0 Å². The zero-order valence-electron chi connectivity index (χ0n) is 8.27. The van der Waals surface area contributed by atoms with Gasteiger partial charge in [0, 0.05) is 31.4 Å². The second kappa shape index (κ2) is 6.23. The van der Waals surface area contributed by atoms with E-state index in [0.29, 0.717) is 0 Å². The van der Waals surface area contributed by atoms with Gasteiger partial charge in [-0.1, -0.05) is 13.0 Å². The number of hydrogen-bond acceptors (Lipinski definition) is 2. The quantitative estimate of drug-likeness (QED) is 0.742. The number of pyridine rings is 1. The van der Waals surface area contributed by atoms with Crippen LogP contribution in [0.5, 0.6) is 0 Å². The van der Waals surface area contributed by atoms with Gasteiger partial charge in [0.15, 0.2) is 0 Å². The summed E-state index contributed by atoms with van der Waals surface area (Å²) < 4.78 is 0. The third-order valence-corrected chi connectivity index (χ3v) is 2.49. The lowest BCUT2D eigenvalue weighted by molar-refractivity contribution is 0.266. The fourth-order valence-corrected chi connectivity index (χ4v) is 1.69. The van der Waals surface area contributed by atoms with E-state index in [1.165, 1.54) is 17.8 Å². The summed E-state index contributed by atoms with van der Waals surface area (Å²) in [5.74, 6) is 0. The van der Waals surface area contributed by atoms with E-state index in [2.05, 4.69) is 22.9 Å². The summed E-state index contributed by atoms with van der Waals surface area (Å²) in [7, 11) is 0. The monoisotopic (exact) mass is 234 g/mol. The van der Waals surface area contributed by atoms with Gasteiger partial charge in [-0.05, 0) is 18.2 Å². The average Bonchev–Trinajstić information content (AvgIpc) is 2.17. The predicted molar refractivity (Wildman–Crippen MR) is 63.4 cm³/mol. The van der Waals surface area contributed by atoms with E-state index in [0.717, 1.165) is 19.5 Å². The van der Waals surface area contributed by atoms with Crippen molar-refractivity contribution in [2.45, 2.75) is 19.9 Å². The Bertz CT molecular complexity index is 279. The summed E-state index contributed by atoms with van der Waals surface area (Å²) >= 11 is 0. The zero-order valence-corrected chi connectivity index (χ0v) is 9.90. The Kier molecular flexibility index (Phi) is 6.09. The van der Waals surface area contributed by atoms with Gasteiger partial charge in [0.25, 0.3) is 0 Å². The van der Waals surface area contributed by atoms with Crippen molar-refractivity contribution >= 4 is 24.8 Å². The van der Waals surface area contributed by atoms with Gasteiger partial charge in [-0.15, -0.1) is 24.8 Å². The Morgan fingerprint density at radius 2 is 2.21 bits per heavy atom. The van der Waals surface area contributed by atoms with Crippen molar-refractivity contribution in [1.29, 1.82) is 0 Å². The van der Waals surface area contributed by atoms with E-state index in [-0.39, 0.29) is 24.8 Å². The minimum Gasteiger partial charge on any atom is -0.299 e. The predicted octanol–water partition coefficient (Wildman–Crippen LogP) is 2.30. The van der Waals surface area contributed by atoms with E-state index in [1.54, 1.807) is 0 Å². The first-order valence-corrected chi connectivity index (χ1v) is 4.55. The lowest BCUT2D eigenvalue weighted by Gasteiger charge is -2.26. The molecule has 2 heterocycles. The standard InChI is InChI=1S/C10H14N2.2ClH/c1-2-12-7-5-10-9(8-12)4-3-6-11-10;;/h3-4,6H,2,5,7-8H2,1H3;2*1H. The molecule has 0 saturated carbocycles. The number of halogens is 2. The Morgan fingerprint density at radius 1 is 1.43 bits per heavy atom. The molecule has 0 radical (unpaired) electrons. The molecule has 2 rings (SSSR count). The minimum absolute atomic E-state index is 0. The molecule has 0 aromatic carbocycles. The van der Waals surface area contributed by atoms with Crippen LogP contribution in [0.4, 0.5) is 0 Å². The first-order valence-electron chi connectivity index (χ1n) is 4.55. The Hall–Kier alpha value is -0.310. The Labute approximate surface area is 97.5 Å². The van der Waals surface area contributed by atoms with E-state index >= 15 is 0 Å². The number of likely N-dealkylation sites (N-methyl/N-ethyl adjacent to an activating group) is 1. The molecule has 0 amide bonds. The topological polar surface area (TPSA) is 16.1 Å². The fourth-order valence-electron chi connectivity index (χ4n) is 1.69. The van der Waals surface area contributed by atoms with Gasteiger partial charge in [0.1, 0.15) is 0 Å². The molecule has 4 heteroatoms. The smallest absolute Gasteiger partial charge is 0.0461 e. The molecule has 14 heavy (non-hydrogen) atoms. The number of hydrogen-bond donors (Lipinski definition) is 0. The first kappa shape index (κ1) is 13.7. The summed E-state index contributed by atoms with van der Waals surface area (Å²) in [6, 6.07) is 4.21. The second-order valence-corrected chi connectivity index (χ2v) is 3.23. The van der Waals surface area contributed by atoms with Crippen LogP contribution in [0.2, 0.25) is 0 Å². The molecule has 1 aliphatic heterocycles. The fraction of sp³-hybridized carbons (Fsp3) is 0.500. The summed E-state index contributed by atoms with van der Waals surface area (Å²) in [5.41, 5.74) is 2.70. The highest BCUT2D eigenvalue weighted by atomic mass is 35.5. The van der Waals surface area contributed by atoms with Crippen molar-refractivity contribution in [1.82, 2.24) is 9.88 Å². The highest BCUT2D eigenvalue weighted by Crippen LogP contribution is 2.15. The summed E-state index contributed by atoms with van der Waals surface area (Å²) in [6.45, 7) is 5.61. The summed E-state index contributed by atoms with van der Waals surface area (Å²) in [6.07, 6.45) is 3.00. The van der Waals surface area contributed by atoms with Gasteiger partial charge in [-0.3, -0.25) is 9.88 Å². The minimum atomic E-state index is 0. The van der Waals surface area contributed by atoms with Crippen LogP contribution in [0.25, 0.3) is 0 Å². The number of nitrogens with zero attached hydrogens (tertiary/aromatic N) is 2. The van der Waals surface area contributed by atoms with Crippen LogP contribution in [0.1, 0.15) is 18.2 Å². The highest BCUT2D eigenvalue weighted by Gasteiger charge is 2.14. The van der Waals surface area contributed by atoms with Crippen LogP contribution < -0.4 is 0 Å². The molecule has 1 aromatic heterocycles. The van der Waals surface area contributed by atoms with E-state index < -0.39 is 0 Å². The molecule has 1 aliphatic rings. The number of fused-ring (bicyclic) bond motifs is 1. The Balaban J connectivity index is 0.000000845. The molecule has 0 saturated heterocycles. The van der Waals surface area contributed by atoms with Gasteiger partial charge in [-0.2, -0.15) is 0 Å². The van der Waals surface area contributed by atoms with Crippen molar-refractivity contribution in [2.24, 2.45) is 0 Å². The van der Waals surface area contributed by atoms with Crippen LogP contribution in [-0.2, 0) is 13.0 Å². The summed E-state index contributed by atoms with van der Waals surface area (Å²) in [4.78, 5) is 6.81. The third kappa shape index (κ3) is 2.84. The third-order valence-electron chi connectivity index (χ3n) is 2.49. The van der Waals surface area contributed by atoms with Crippen LogP contribution in [-0.4, -0.2) is 23.0 Å². The van der Waals surface area contributed by atoms with Crippen molar-refractivity contribution in [3.8, 4) is 0 Å². The average molecular weight is 235 g/mol. The number of rotatable bonds is 1. The first-order chi connectivity index (χ1) is 5.90. The maximum Gasteiger partial charge on any atom is 0.0461 e. The van der Waals surface area contributed by atoms with E-state index in [1.807, 2.05) is 12.3 Å². The maximum atomic E-state index is 4.36. The maximum absolute atomic E-state index is 4.36. The van der Waals surface area contributed by atoms with Crippen molar-refractivity contribution in [2.75, 3.05) is 13.1 Å². The normalized spacial score (nSPS) is 14.9. The molecule has 1 aromatic rings. The van der Waals surface area contributed by atoms with Gasteiger partial charge < -0.3 is 0 Å². The van der Waals surface area contributed by atoms with Gasteiger partial charge in [-0.25, -0.2) is 0 Å². The van der Waals surface area contributed by atoms with Crippen LogP contribution in [0.15, 0.2) is 18.3 Å². The largest absolute Gasteiger partial charge is 0.299 e. The molecule has 80 valence electrons. The molecule has 0 bridgehead atoms. The van der Waals surface area contributed by atoms with Gasteiger partial charge in [0.05, 0.1) is 0 Å². The van der Waals surface area contributed by atoms with Crippen LogP contribution in [0.3, 0.4) is 0 Å². The highest BCUT2D eigenvalue weighted by molar-refractivity contribution is 5.85. The molecular weight excluding hydrogens is 219 g/mol. The van der Waals surface area contributed by atoms with E-state index in [9.17, 15) is 0 Å². The molecule has 0 aliphatic carbocycles. The second-order valence-electron chi connectivity index (χ2n) is 3.23. The Morgan fingerprint density at radius 3 is 2.93 bits per heavy atom. The van der Waals surface area contributed by atoms with E-state index in [4.69, 9.17) is 0 Å². The molecule has 0 spiro atoms. The van der Waals surface area contributed by atoms with Gasteiger partial charge >= 0.3 is 0 Å². The number of aromatic nitrogens is 1. The zero-order chi connectivity index (χ0) is 8.39. The van der Waals surface area contributed by atoms with Crippen molar-refractivity contribution < 1.29 is 0 Å². The van der Waals surface area contributed by atoms with Crippen molar-refractivity contribution in [3.05, 3.63) is 29.6 Å². The molecule has 0 unspecified atom stereocenters. The van der Waals surface area contributed by atoms with Crippen molar-refractivity contribution in [3.63, 3.8) is 0 Å². The van der Waals surface area contributed by atoms with Crippen LogP contribution >= 0.6 is 24.8 Å². The molecular formula is C10H16Cl2N2. The lowest BCUT2D eigenvalue weighted by Crippen LogP contribution is -2.30.